The van der Waals surface area contributed by atoms with Crippen molar-refractivity contribution in [3.8, 4) is 28.4 Å². The third kappa shape index (κ3) is 5.43. The lowest BCUT2D eigenvalue weighted by Gasteiger charge is -2.12. The summed E-state index contributed by atoms with van der Waals surface area (Å²) in [5, 5.41) is 27.1. The normalized spacial score (nSPS) is 10.6. The Balaban J connectivity index is 1.99. The molecule has 0 spiro atoms. The summed E-state index contributed by atoms with van der Waals surface area (Å²) in [6, 6.07) is 4.31. The third-order valence-corrected chi connectivity index (χ3v) is 4.79. The van der Waals surface area contributed by atoms with E-state index >= 15 is 0 Å². The lowest BCUT2D eigenvalue weighted by molar-refractivity contribution is -0.385. The van der Waals surface area contributed by atoms with Gasteiger partial charge >= 0.3 is 11.8 Å². The number of carbonyl (C=O) groups is 2. The van der Waals surface area contributed by atoms with Gasteiger partial charge < -0.3 is 20.9 Å². The highest BCUT2D eigenvalue weighted by atomic mass is 16.6. The van der Waals surface area contributed by atoms with Crippen LogP contribution in [-0.2, 0) is 6.54 Å². The number of nitro benzene ring substituents is 1. The average molecular weight is 469 g/mol. The quantitative estimate of drug-likeness (QED) is 0.227. The summed E-state index contributed by atoms with van der Waals surface area (Å²) >= 11 is 0. The minimum absolute atomic E-state index is 0.00280. The highest BCUT2D eigenvalue weighted by Gasteiger charge is 2.26. The molecule has 3 aromatic rings. The van der Waals surface area contributed by atoms with Crippen LogP contribution >= 0.6 is 0 Å². The van der Waals surface area contributed by atoms with Crippen molar-refractivity contribution in [1.82, 2.24) is 25.1 Å². The van der Waals surface area contributed by atoms with Crippen molar-refractivity contribution >= 4 is 17.7 Å². The van der Waals surface area contributed by atoms with Crippen LogP contribution in [-0.4, -0.2) is 54.9 Å². The molecule has 0 atom stereocenters. The van der Waals surface area contributed by atoms with E-state index in [1.807, 2.05) is 19.9 Å². The van der Waals surface area contributed by atoms with Gasteiger partial charge in [0.15, 0.2) is 11.6 Å². The van der Waals surface area contributed by atoms with E-state index in [2.05, 4.69) is 20.4 Å². The molecular formula is C21H23N7O6. The number of nitrogens with one attached hydrogen (secondary N) is 1. The lowest BCUT2D eigenvalue weighted by Crippen LogP contribution is -2.23. The Hall–Kier alpha value is -4.55. The molecule has 2 amide bonds. The van der Waals surface area contributed by atoms with Crippen LogP contribution in [0.15, 0.2) is 30.6 Å². The zero-order valence-electron chi connectivity index (χ0n) is 18.5. The van der Waals surface area contributed by atoms with Crippen LogP contribution in [0.3, 0.4) is 0 Å². The van der Waals surface area contributed by atoms with Crippen LogP contribution in [0.4, 0.5) is 10.5 Å². The summed E-state index contributed by atoms with van der Waals surface area (Å²) in [6.45, 7) is 4.46. The van der Waals surface area contributed by atoms with Crippen molar-refractivity contribution in [2.75, 3.05) is 13.2 Å². The Kier molecular flexibility index (Phi) is 7.36. The fourth-order valence-electron chi connectivity index (χ4n) is 3.28. The van der Waals surface area contributed by atoms with Gasteiger partial charge in [-0.15, -0.1) is 0 Å². The van der Waals surface area contributed by atoms with E-state index in [-0.39, 0.29) is 47.7 Å². The molecule has 0 aliphatic rings. The minimum atomic E-state index is -1.19. The fraction of sp³-hybridized carbons (Fsp3) is 0.286. The zero-order chi connectivity index (χ0) is 24.8. The average Bonchev–Trinajstić information content (AvgIpc) is 3.18. The minimum Gasteiger partial charge on any atom is -0.487 e. The van der Waals surface area contributed by atoms with Gasteiger partial charge in [0.2, 0.25) is 5.91 Å². The van der Waals surface area contributed by atoms with E-state index in [4.69, 9.17) is 15.6 Å². The Labute approximate surface area is 193 Å². The Morgan fingerprint density at radius 1 is 1.26 bits per heavy atom. The first-order valence-corrected chi connectivity index (χ1v) is 10.3. The lowest BCUT2D eigenvalue weighted by atomic mass is 10.0. The van der Waals surface area contributed by atoms with Crippen LogP contribution in [0, 0.1) is 17.0 Å². The molecule has 0 saturated heterocycles. The predicted molar refractivity (Wildman–Crippen MR) is 120 cm³/mol. The molecule has 4 N–H and O–H groups in total. The first kappa shape index (κ1) is 24.1. The number of hydrogen-bond donors (Lipinski definition) is 3. The van der Waals surface area contributed by atoms with E-state index in [0.29, 0.717) is 18.1 Å². The molecule has 13 heteroatoms. The Bertz CT molecular complexity index is 1220. The summed E-state index contributed by atoms with van der Waals surface area (Å²) in [5.41, 5.74) is 6.88. The molecule has 34 heavy (non-hydrogen) atoms. The molecule has 13 nitrogen and oxygen atoms in total. The van der Waals surface area contributed by atoms with Gasteiger partial charge in [-0.2, -0.15) is 5.10 Å². The SMILES string of the molecule is CCn1nc(C)cc1-c1ncc(-c2cc(C(N)=O)cc(OCCCNC(=O)O)c2[N+](=O)[O-])cn1. The number of amides is 2. The van der Waals surface area contributed by atoms with E-state index in [0.717, 1.165) is 5.69 Å². The van der Waals surface area contributed by atoms with Crippen LogP contribution in [0.25, 0.3) is 22.6 Å². The fourth-order valence-corrected chi connectivity index (χ4v) is 3.28. The highest BCUT2D eigenvalue weighted by molar-refractivity contribution is 5.96. The van der Waals surface area contributed by atoms with Gasteiger partial charge in [0.05, 0.1) is 22.8 Å². The summed E-state index contributed by atoms with van der Waals surface area (Å²) in [7, 11) is 0. The molecule has 2 heterocycles. The standard InChI is InChI=1S/C21H23N7O6/c1-3-27-16(7-12(2)26-27)20-24-10-14(11-25-20)15-8-13(19(22)29)9-17(18(15)28(32)33)34-6-4-5-23-21(30)31/h7-11,23H,3-6H2,1-2H3,(H2,22,29)(H,30,31). The van der Waals surface area contributed by atoms with Crippen LogP contribution < -0.4 is 15.8 Å². The molecule has 2 aromatic heterocycles. The molecule has 0 radical (unpaired) electrons. The van der Waals surface area contributed by atoms with Gasteiger partial charge in [0.1, 0.15) is 5.69 Å². The molecule has 0 saturated carbocycles. The molecule has 1 aromatic carbocycles. The van der Waals surface area contributed by atoms with Crippen molar-refractivity contribution < 1.29 is 24.4 Å². The highest BCUT2D eigenvalue weighted by Crippen LogP contribution is 2.39. The number of aryl methyl sites for hydroxylation is 2. The van der Waals surface area contributed by atoms with Crippen LogP contribution in [0.1, 0.15) is 29.4 Å². The number of hydrogen-bond acceptors (Lipinski definition) is 8. The Morgan fingerprint density at radius 2 is 1.97 bits per heavy atom. The van der Waals surface area contributed by atoms with Crippen molar-refractivity contribution in [1.29, 1.82) is 0 Å². The summed E-state index contributed by atoms with van der Waals surface area (Å²) in [6.07, 6.45) is 1.89. The molecule has 0 unspecified atom stereocenters. The topological polar surface area (TPSA) is 188 Å². The summed E-state index contributed by atoms with van der Waals surface area (Å²) in [5.74, 6) is -0.578. The Morgan fingerprint density at radius 3 is 2.56 bits per heavy atom. The molecule has 0 fully saturated rings. The predicted octanol–water partition coefficient (Wildman–Crippen LogP) is 2.38. The molecular weight excluding hydrogens is 446 g/mol. The van der Waals surface area contributed by atoms with Gasteiger partial charge in [0, 0.05) is 42.7 Å². The van der Waals surface area contributed by atoms with E-state index in [1.54, 1.807) is 4.68 Å². The third-order valence-electron chi connectivity index (χ3n) is 4.79. The van der Waals surface area contributed by atoms with Gasteiger partial charge in [-0.1, -0.05) is 0 Å². The van der Waals surface area contributed by atoms with E-state index in [1.165, 1.54) is 24.5 Å². The number of ether oxygens (including phenoxy) is 1. The van der Waals surface area contributed by atoms with E-state index in [9.17, 15) is 19.7 Å². The second-order valence-corrected chi connectivity index (χ2v) is 7.21. The van der Waals surface area contributed by atoms with Crippen molar-refractivity contribution in [2.45, 2.75) is 26.8 Å². The smallest absolute Gasteiger partial charge is 0.404 e. The van der Waals surface area contributed by atoms with Gasteiger partial charge in [-0.3, -0.25) is 19.6 Å². The van der Waals surface area contributed by atoms with Crippen molar-refractivity contribution in [2.24, 2.45) is 5.73 Å². The zero-order valence-corrected chi connectivity index (χ0v) is 18.5. The summed E-state index contributed by atoms with van der Waals surface area (Å²) < 4.78 is 7.27. The number of primary amides is 1. The van der Waals surface area contributed by atoms with Crippen LogP contribution in [0.5, 0.6) is 5.75 Å². The first-order valence-electron chi connectivity index (χ1n) is 10.3. The molecule has 0 aliphatic heterocycles. The second kappa shape index (κ2) is 10.4. The number of nitro groups is 1. The van der Waals surface area contributed by atoms with Gasteiger partial charge in [-0.25, -0.2) is 14.8 Å². The molecule has 0 bridgehead atoms. The molecule has 3 rings (SSSR count). The maximum atomic E-state index is 11.9. The van der Waals surface area contributed by atoms with Crippen molar-refractivity contribution in [3.63, 3.8) is 0 Å². The van der Waals surface area contributed by atoms with E-state index < -0.39 is 16.9 Å². The number of aromatic nitrogens is 4. The molecule has 178 valence electrons. The number of nitrogens with zero attached hydrogens (tertiary/aromatic N) is 5. The maximum Gasteiger partial charge on any atom is 0.404 e. The number of benzene rings is 1. The first-order chi connectivity index (χ1) is 16.2. The maximum absolute atomic E-state index is 11.9. The van der Waals surface area contributed by atoms with Gasteiger partial charge in [0.25, 0.3) is 0 Å². The number of rotatable bonds is 10. The largest absolute Gasteiger partial charge is 0.487 e. The second-order valence-electron chi connectivity index (χ2n) is 7.21. The number of carboxylic acid groups (broad SMARTS) is 1. The molecule has 0 aliphatic carbocycles. The van der Waals surface area contributed by atoms with Crippen LogP contribution in [0.2, 0.25) is 0 Å². The van der Waals surface area contributed by atoms with Crippen molar-refractivity contribution in [3.05, 3.63) is 52.0 Å². The van der Waals surface area contributed by atoms with Gasteiger partial charge in [-0.05, 0) is 32.4 Å². The summed E-state index contributed by atoms with van der Waals surface area (Å²) in [4.78, 5) is 42.4. The monoisotopic (exact) mass is 469 g/mol. The number of nitrogens with two attached hydrogens (primary N) is 1. The number of carbonyl (C=O) groups excluding carboxylic acids is 1.